The van der Waals surface area contributed by atoms with Gasteiger partial charge in [-0.3, -0.25) is 4.79 Å². The number of aromatic nitrogens is 2. The standard InChI is InChI=1S/C15H14N2OS.C8H16O2.C7H11NO3S/c1-10(2)18-15-14(13-8-5-9-19-13)16-11-6-3-4-7-12(11)17-15;1-6(2)7(9)10-8(3,4)5;1-6(2)8-12(9,10)7-4-3-5-11-7/h3-10H,1-2H3;6H,1-5H3;3-6,8H,1-2H3. The molecule has 0 amide bonds. The lowest BCUT2D eigenvalue weighted by molar-refractivity contribution is -0.158. The smallest absolute Gasteiger partial charge is 0.308 e. The lowest BCUT2D eigenvalue weighted by Gasteiger charge is -2.20. The van der Waals surface area contributed by atoms with Gasteiger partial charge in [0.05, 0.1) is 34.2 Å². The van der Waals surface area contributed by atoms with Gasteiger partial charge < -0.3 is 13.9 Å². The maximum absolute atomic E-state index is 11.3. The number of rotatable bonds is 7. The minimum atomic E-state index is -3.43. The van der Waals surface area contributed by atoms with E-state index in [2.05, 4.69) is 9.71 Å². The molecule has 0 saturated heterocycles. The van der Waals surface area contributed by atoms with Gasteiger partial charge in [-0.2, -0.15) is 0 Å². The number of nitrogens with zero attached hydrogens (tertiary/aromatic N) is 2. The summed E-state index contributed by atoms with van der Waals surface area (Å²) in [6.07, 6.45) is 1.41. The second kappa shape index (κ2) is 15.1. The van der Waals surface area contributed by atoms with Crippen molar-refractivity contribution in [1.82, 2.24) is 14.7 Å². The van der Waals surface area contributed by atoms with Crippen molar-refractivity contribution in [3.8, 4) is 16.5 Å². The van der Waals surface area contributed by atoms with Crippen molar-refractivity contribution in [1.29, 1.82) is 0 Å². The van der Waals surface area contributed by atoms with Gasteiger partial charge in [-0.25, -0.2) is 23.1 Å². The summed E-state index contributed by atoms with van der Waals surface area (Å²) in [6, 6.07) is 14.7. The molecule has 3 aromatic heterocycles. The van der Waals surface area contributed by atoms with Gasteiger partial charge in [0.2, 0.25) is 11.0 Å². The fraction of sp³-hybridized carbons (Fsp3) is 0.433. The van der Waals surface area contributed by atoms with Crippen LogP contribution in [0.1, 0.15) is 62.3 Å². The number of para-hydroxylation sites is 2. The molecular formula is C30H41N3O6S2. The highest BCUT2D eigenvalue weighted by Crippen LogP contribution is 2.32. The van der Waals surface area contributed by atoms with E-state index in [0.717, 1.165) is 21.6 Å². The van der Waals surface area contributed by atoms with Crippen molar-refractivity contribution < 1.29 is 27.1 Å². The number of nitrogens with one attached hydrogen (secondary N) is 1. The number of sulfonamides is 1. The molecular weight excluding hydrogens is 562 g/mol. The van der Waals surface area contributed by atoms with E-state index in [1.807, 2.05) is 90.2 Å². The van der Waals surface area contributed by atoms with Crippen LogP contribution in [-0.4, -0.2) is 42.1 Å². The average Bonchev–Trinajstić information content (AvgIpc) is 3.57. The van der Waals surface area contributed by atoms with E-state index < -0.39 is 10.0 Å². The largest absolute Gasteiger partial charge is 0.473 e. The highest BCUT2D eigenvalue weighted by atomic mass is 32.2. The summed E-state index contributed by atoms with van der Waals surface area (Å²) in [6.45, 7) is 16.8. The Bertz CT molecular complexity index is 1460. The average molecular weight is 604 g/mol. The maximum atomic E-state index is 11.3. The third kappa shape index (κ3) is 11.6. The lowest BCUT2D eigenvalue weighted by Crippen LogP contribution is -2.29. The number of benzene rings is 1. The molecule has 9 nitrogen and oxygen atoms in total. The molecule has 0 aliphatic carbocycles. The van der Waals surface area contributed by atoms with Crippen molar-refractivity contribution in [3.63, 3.8) is 0 Å². The molecule has 224 valence electrons. The molecule has 3 heterocycles. The molecule has 0 saturated carbocycles. The van der Waals surface area contributed by atoms with Gasteiger partial charge in [0.1, 0.15) is 11.3 Å². The Kier molecular flexibility index (Phi) is 12.5. The number of esters is 1. The monoisotopic (exact) mass is 603 g/mol. The quantitative estimate of drug-likeness (QED) is 0.222. The van der Waals surface area contributed by atoms with Crippen molar-refractivity contribution in [2.45, 2.75) is 85.2 Å². The predicted octanol–water partition coefficient (Wildman–Crippen LogP) is 7.10. The molecule has 0 fully saturated rings. The Morgan fingerprint density at radius 1 is 0.927 bits per heavy atom. The highest BCUT2D eigenvalue weighted by Gasteiger charge is 2.19. The molecule has 1 aromatic carbocycles. The number of carbonyl (C=O) groups excluding carboxylic acids is 1. The fourth-order valence-electron chi connectivity index (χ4n) is 3.07. The van der Waals surface area contributed by atoms with E-state index in [0.29, 0.717) is 5.88 Å². The third-order valence-electron chi connectivity index (χ3n) is 4.67. The van der Waals surface area contributed by atoms with Crippen LogP contribution in [0.3, 0.4) is 0 Å². The molecule has 0 spiro atoms. The Morgan fingerprint density at radius 3 is 2.00 bits per heavy atom. The number of fused-ring (bicyclic) bond motifs is 1. The zero-order chi connectivity index (χ0) is 30.8. The highest BCUT2D eigenvalue weighted by molar-refractivity contribution is 7.89. The summed E-state index contributed by atoms with van der Waals surface area (Å²) in [5.41, 5.74) is 2.23. The van der Waals surface area contributed by atoms with Crippen LogP contribution in [0.5, 0.6) is 5.88 Å². The molecule has 1 N–H and O–H groups in total. The number of thiophene rings is 1. The van der Waals surface area contributed by atoms with Crippen LogP contribution in [-0.2, 0) is 19.6 Å². The normalized spacial score (nSPS) is 11.6. The van der Waals surface area contributed by atoms with Crippen LogP contribution in [0.25, 0.3) is 21.6 Å². The number of hydrogen-bond donors (Lipinski definition) is 1. The van der Waals surface area contributed by atoms with Crippen LogP contribution in [0.2, 0.25) is 0 Å². The van der Waals surface area contributed by atoms with E-state index in [-0.39, 0.29) is 34.7 Å². The summed E-state index contributed by atoms with van der Waals surface area (Å²) < 4.78 is 40.6. The first kappa shape index (κ1) is 33.9. The van der Waals surface area contributed by atoms with Crippen LogP contribution in [0, 0.1) is 5.92 Å². The van der Waals surface area contributed by atoms with Crippen LogP contribution < -0.4 is 9.46 Å². The van der Waals surface area contributed by atoms with E-state index in [1.54, 1.807) is 25.2 Å². The zero-order valence-corrected chi connectivity index (χ0v) is 26.8. The topological polar surface area (TPSA) is 121 Å². The van der Waals surface area contributed by atoms with Crippen LogP contribution >= 0.6 is 11.3 Å². The molecule has 0 bridgehead atoms. The summed E-state index contributed by atoms with van der Waals surface area (Å²) in [5, 5.41) is 1.99. The van der Waals surface area contributed by atoms with Gasteiger partial charge in [0.25, 0.3) is 10.0 Å². The van der Waals surface area contributed by atoms with Gasteiger partial charge in [0, 0.05) is 6.04 Å². The summed E-state index contributed by atoms with van der Waals surface area (Å²) in [4.78, 5) is 21.3. The molecule has 0 radical (unpaired) electrons. The first-order valence-corrected chi connectivity index (χ1v) is 15.7. The van der Waals surface area contributed by atoms with Crippen molar-refractivity contribution in [2.75, 3.05) is 0 Å². The zero-order valence-electron chi connectivity index (χ0n) is 25.2. The molecule has 4 rings (SSSR count). The van der Waals surface area contributed by atoms with E-state index in [1.165, 1.54) is 18.4 Å². The minimum absolute atomic E-state index is 0.0285. The van der Waals surface area contributed by atoms with Gasteiger partial charge in [-0.1, -0.05) is 32.0 Å². The number of carbonyl (C=O) groups is 1. The predicted molar refractivity (Wildman–Crippen MR) is 163 cm³/mol. The Morgan fingerprint density at radius 2 is 1.56 bits per heavy atom. The van der Waals surface area contributed by atoms with E-state index in [9.17, 15) is 13.2 Å². The van der Waals surface area contributed by atoms with Gasteiger partial charge in [-0.05, 0) is 84.2 Å². The van der Waals surface area contributed by atoms with Crippen molar-refractivity contribution in [2.24, 2.45) is 5.92 Å². The SMILES string of the molecule is CC(C)C(=O)OC(C)(C)C.CC(C)NS(=O)(=O)c1ccco1.CC(C)Oc1nc2ccccc2nc1-c1cccs1. The van der Waals surface area contributed by atoms with Crippen LogP contribution in [0.15, 0.2) is 69.7 Å². The third-order valence-corrected chi connectivity index (χ3v) is 7.09. The lowest BCUT2D eigenvalue weighted by atomic mass is 10.1. The number of furan rings is 1. The molecule has 4 aromatic rings. The summed E-state index contributed by atoms with van der Waals surface area (Å²) in [7, 11) is -3.43. The second-order valence-corrected chi connectivity index (χ2v) is 13.5. The minimum Gasteiger partial charge on any atom is -0.473 e. The Balaban J connectivity index is 0.000000232. The second-order valence-electron chi connectivity index (χ2n) is 10.9. The maximum Gasteiger partial charge on any atom is 0.308 e. The molecule has 0 aliphatic rings. The molecule has 0 atom stereocenters. The summed E-state index contributed by atoms with van der Waals surface area (Å²) >= 11 is 1.64. The fourth-order valence-corrected chi connectivity index (χ4v) is 4.95. The van der Waals surface area contributed by atoms with E-state index in [4.69, 9.17) is 18.9 Å². The van der Waals surface area contributed by atoms with Gasteiger partial charge >= 0.3 is 5.97 Å². The number of hydrogen-bond acceptors (Lipinski definition) is 9. The van der Waals surface area contributed by atoms with E-state index >= 15 is 0 Å². The van der Waals surface area contributed by atoms with Gasteiger partial charge in [-0.15, -0.1) is 11.3 Å². The van der Waals surface area contributed by atoms with Gasteiger partial charge in [0.15, 0.2) is 0 Å². The van der Waals surface area contributed by atoms with Crippen LogP contribution in [0.4, 0.5) is 0 Å². The molecule has 0 aliphatic heterocycles. The Labute approximate surface area is 247 Å². The van der Waals surface area contributed by atoms with Crippen molar-refractivity contribution in [3.05, 3.63) is 60.2 Å². The first-order valence-electron chi connectivity index (χ1n) is 13.3. The molecule has 0 unspecified atom stereocenters. The first-order chi connectivity index (χ1) is 19.1. The Hall–Kier alpha value is -3.28. The summed E-state index contributed by atoms with van der Waals surface area (Å²) in [5.74, 6) is 0.447. The number of ether oxygens (including phenoxy) is 2. The van der Waals surface area contributed by atoms with Crippen molar-refractivity contribution >= 4 is 38.4 Å². The molecule has 11 heteroatoms. The molecule has 41 heavy (non-hydrogen) atoms.